The highest BCUT2D eigenvalue weighted by Gasteiger charge is 2.20. The number of anilines is 2. The predicted octanol–water partition coefficient (Wildman–Crippen LogP) is 4.02. The van der Waals surface area contributed by atoms with Crippen molar-refractivity contribution in [3.05, 3.63) is 52.8 Å². The summed E-state index contributed by atoms with van der Waals surface area (Å²) >= 11 is 6.13. The first-order chi connectivity index (χ1) is 10.6. The van der Waals surface area contributed by atoms with Crippen molar-refractivity contribution >= 4 is 28.9 Å². The zero-order valence-corrected chi connectivity index (χ0v) is 13.2. The van der Waals surface area contributed by atoms with E-state index in [9.17, 15) is 4.79 Å². The molecule has 1 aromatic carbocycles. The van der Waals surface area contributed by atoms with Gasteiger partial charge in [-0.1, -0.05) is 17.7 Å². The van der Waals surface area contributed by atoms with Gasteiger partial charge in [0.2, 0.25) is 0 Å². The lowest BCUT2D eigenvalue weighted by Crippen LogP contribution is -2.28. The van der Waals surface area contributed by atoms with Crippen LogP contribution in [0.1, 0.15) is 28.9 Å². The Morgan fingerprint density at radius 1 is 1.18 bits per heavy atom. The molecule has 0 bridgehead atoms. The van der Waals surface area contributed by atoms with Crippen molar-refractivity contribution in [2.24, 2.45) is 0 Å². The smallest absolute Gasteiger partial charge is 0.272 e. The lowest BCUT2D eigenvalue weighted by Gasteiger charge is -2.15. The molecule has 0 atom stereocenters. The van der Waals surface area contributed by atoms with E-state index >= 15 is 0 Å². The number of hydrogen-bond donors (Lipinski definition) is 1. The summed E-state index contributed by atoms with van der Waals surface area (Å²) in [6, 6.07) is 9.42. The molecule has 0 radical (unpaired) electrons. The molecular weight excluding hydrogens is 298 g/mol. The van der Waals surface area contributed by atoms with Crippen molar-refractivity contribution in [3.63, 3.8) is 0 Å². The quantitative estimate of drug-likeness (QED) is 0.930. The molecule has 4 nitrogen and oxygen atoms in total. The number of carbonyl (C=O) groups excluding carboxylic acids is 1. The summed E-state index contributed by atoms with van der Waals surface area (Å²) in [5, 5.41) is 3.98. The van der Waals surface area contributed by atoms with Gasteiger partial charge in [0, 0.05) is 35.7 Å². The van der Waals surface area contributed by atoms with Crippen molar-refractivity contribution in [1.29, 1.82) is 0 Å². The zero-order valence-electron chi connectivity index (χ0n) is 12.5. The summed E-state index contributed by atoms with van der Waals surface area (Å²) in [4.78, 5) is 18.4. The van der Waals surface area contributed by atoms with Crippen molar-refractivity contribution in [2.75, 3.05) is 18.4 Å². The van der Waals surface area contributed by atoms with Gasteiger partial charge in [-0.05, 0) is 49.6 Å². The largest absolute Gasteiger partial charge is 0.355 e. The van der Waals surface area contributed by atoms with Crippen molar-refractivity contribution in [3.8, 4) is 0 Å². The number of rotatable bonds is 3. The second-order valence-electron chi connectivity index (χ2n) is 5.52. The van der Waals surface area contributed by atoms with Gasteiger partial charge in [0.1, 0.15) is 5.69 Å². The van der Waals surface area contributed by atoms with Crippen LogP contribution < -0.4 is 5.32 Å². The summed E-state index contributed by atoms with van der Waals surface area (Å²) in [5.41, 5.74) is 3.23. The van der Waals surface area contributed by atoms with Crippen molar-refractivity contribution in [1.82, 2.24) is 9.88 Å². The van der Waals surface area contributed by atoms with Gasteiger partial charge in [-0.25, -0.2) is 0 Å². The number of amides is 1. The van der Waals surface area contributed by atoms with Gasteiger partial charge in [0.05, 0.1) is 0 Å². The molecular formula is C17H18ClN3O. The Morgan fingerprint density at radius 2 is 1.91 bits per heavy atom. The van der Waals surface area contributed by atoms with E-state index in [1.54, 1.807) is 12.3 Å². The zero-order chi connectivity index (χ0) is 15.5. The van der Waals surface area contributed by atoms with Crippen LogP contribution in [0.4, 0.5) is 11.4 Å². The minimum atomic E-state index is 0.00286. The SMILES string of the molecule is Cc1ccc(Nc2ccnc(C(=O)N3CCCC3)c2)cc1Cl. The fourth-order valence-electron chi connectivity index (χ4n) is 2.54. The maximum absolute atomic E-state index is 12.4. The van der Waals surface area contributed by atoms with E-state index in [-0.39, 0.29) is 5.91 Å². The molecule has 1 fully saturated rings. The molecule has 1 saturated heterocycles. The molecule has 22 heavy (non-hydrogen) atoms. The maximum Gasteiger partial charge on any atom is 0.272 e. The summed E-state index contributed by atoms with van der Waals surface area (Å²) in [7, 11) is 0. The second-order valence-corrected chi connectivity index (χ2v) is 5.93. The molecule has 0 unspecified atom stereocenters. The topological polar surface area (TPSA) is 45.2 Å². The number of nitrogens with one attached hydrogen (secondary N) is 1. The molecule has 1 N–H and O–H groups in total. The monoisotopic (exact) mass is 315 g/mol. The average Bonchev–Trinajstić information content (AvgIpc) is 3.05. The van der Waals surface area contributed by atoms with Crippen molar-refractivity contribution in [2.45, 2.75) is 19.8 Å². The molecule has 1 aromatic heterocycles. The highest BCUT2D eigenvalue weighted by Crippen LogP contribution is 2.23. The van der Waals surface area contributed by atoms with Gasteiger partial charge >= 0.3 is 0 Å². The first kappa shape index (κ1) is 14.9. The van der Waals surface area contributed by atoms with Crippen LogP contribution in [-0.4, -0.2) is 28.9 Å². The number of pyridine rings is 1. The molecule has 1 aliphatic heterocycles. The van der Waals surface area contributed by atoms with Crippen LogP contribution in [0.25, 0.3) is 0 Å². The fraction of sp³-hybridized carbons (Fsp3) is 0.294. The Hall–Kier alpha value is -2.07. The normalized spacial score (nSPS) is 14.2. The van der Waals surface area contributed by atoms with E-state index in [1.165, 1.54) is 0 Å². The molecule has 0 spiro atoms. The van der Waals surface area contributed by atoms with Crippen LogP contribution in [0.2, 0.25) is 5.02 Å². The minimum Gasteiger partial charge on any atom is -0.355 e. The van der Waals surface area contributed by atoms with Crippen LogP contribution in [0.15, 0.2) is 36.5 Å². The number of halogens is 1. The first-order valence-corrected chi connectivity index (χ1v) is 7.80. The van der Waals surface area contributed by atoms with Crippen LogP contribution in [0.3, 0.4) is 0 Å². The van der Waals surface area contributed by atoms with Crippen LogP contribution in [0, 0.1) is 6.92 Å². The Labute approximate surface area is 135 Å². The Morgan fingerprint density at radius 3 is 2.64 bits per heavy atom. The molecule has 2 aromatic rings. The van der Waals surface area contributed by atoms with Crippen LogP contribution >= 0.6 is 11.6 Å². The first-order valence-electron chi connectivity index (χ1n) is 7.42. The van der Waals surface area contributed by atoms with Gasteiger partial charge in [-0.15, -0.1) is 0 Å². The van der Waals surface area contributed by atoms with Gasteiger partial charge in [-0.3, -0.25) is 9.78 Å². The third-order valence-electron chi connectivity index (χ3n) is 3.83. The average molecular weight is 316 g/mol. The lowest BCUT2D eigenvalue weighted by molar-refractivity contribution is 0.0787. The lowest BCUT2D eigenvalue weighted by atomic mass is 10.2. The van der Waals surface area contributed by atoms with Gasteiger partial charge < -0.3 is 10.2 Å². The summed E-state index contributed by atoms with van der Waals surface area (Å²) in [6.07, 6.45) is 3.80. The van der Waals surface area contributed by atoms with Crippen LogP contribution in [0.5, 0.6) is 0 Å². The summed E-state index contributed by atoms with van der Waals surface area (Å²) in [5.74, 6) is 0.00286. The number of hydrogen-bond acceptors (Lipinski definition) is 3. The molecule has 114 valence electrons. The fourth-order valence-corrected chi connectivity index (χ4v) is 2.73. The Bertz CT molecular complexity index is 696. The second kappa shape index (κ2) is 6.36. The Kier molecular flexibility index (Phi) is 4.29. The maximum atomic E-state index is 12.4. The number of benzene rings is 1. The van der Waals surface area contributed by atoms with E-state index in [0.29, 0.717) is 10.7 Å². The minimum absolute atomic E-state index is 0.00286. The van der Waals surface area contributed by atoms with E-state index < -0.39 is 0 Å². The van der Waals surface area contributed by atoms with Gasteiger partial charge in [-0.2, -0.15) is 0 Å². The predicted molar refractivity (Wildman–Crippen MR) is 88.8 cm³/mol. The molecule has 0 aliphatic carbocycles. The standard InChI is InChI=1S/C17H18ClN3O/c1-12-4-5-13(10-15(12)18)20-14-6-7-19-16(11-14)17(22)21-8-2-3-9-21/h4-7,10-11H,2-3,8-9H2,1H3,(H,19,20). The molecule has 1 aliphatic rings. The molecule has 2 heterocycles. The van der Waals surface area contributed by atoms with E-state index in [4.69, 9.17) is 11.6 Å². The number of carbonyl (C=O) groups is 1. The van der Waals surface area contributed by atoms with E-state index in [0.717, 1.165) is 42.9 Å². The van der Waals surface area contributed by atoms with Crippen LogP contribution in [-0.2, 0) is 0 Å². The number of likely N-dealkylation sites (tertiary alicyclic amines) is 1. The number of nitrogens with zero attached hydrogens (tertiary/aromatic N) is 2. The van der Waals surface area contributed by atoms with E-state index in [2.05, 4.69) is 10.3 Å². The molecule has 5 heteroatoms. The third-order valence-corrected chi connectivity index (χ3v) is 4.24. The summed E-state index contributed by atoms with van der Waals surface area (Å²) in [6.45, 7) is 3.61. The van der Waals surface area contributed by atoms with Gasteiger partial charge in [0.25, 0.3) is 5.91 Å². The third kappa shape index (κ3) is 3.22. The summed E-state index contributed by atoms with van der Waals surface area (Å²) < 4.78 is 0. The highest BCUT2D eigenvalue weighted by molar-refractivity contribution is 6.31. The Balaban J connectivity index is 1.78. The molecule has 3 rings (SSSR count). The van der Waals surface area contributed by atoms with Crippen molar-refractivity contribution < 1.29 is 4.79 Å². The molecule has 1 amide bonds. The van der Waals surface area contributed by atoms with Gasteiger partial charge in [0.15, 0.2) is 0 Å². The molecule has 0 saturated carbocycles. The number of aryl methyl sites for hydroxylation is 1. The van der Waals surface area contributed by atoms with E-state index in [1.807, 2.05) is 36.1 Å². The highest BCUT2D eigenvalue weighted by atomic mass is 35.5. The number of aromatic nitrogens is 1.